The standard InChI is InChI=1S/C17H16ClFN2O/c18-13-4-3-12(6-14(13)19)21-10-17(7-11(8-17)9-22)16-15(21)2-1-5-20-16/h1-6,11,22H,7-10H2. The molecule has 1 N–H and O–H groups in total. The first-order valence-electron chi connectivity index (χ1n) is 7.42. The first kappa shape index (κ1) is 14.0. The fourth-order valence-electron chi connectivity index (χ4n) is 3.87. The van der Waals surface area contributed by atoms with Crippen LogP contribution in [0.5, 0.6) is 0 Å². The van der Waals surface area contributed by atoms with Crippen molar-refractivity contribution in [2.75, 3.05) is 18.1 Å². The second-order valence-corrected chi connectivity index (χ2v) is 6.70. The molecule has 3 nitrogen and oxygen atoms in total. The second-order valence-electron chi connectivity index (χ2n) is 6.29. The zero-order chi connectivity index (χ0) is 15.3. The maximum absolute atomic E-state index is 13.8. The molecular weight excluding hydrogens is 303 g/mol. The fourth-order valence-corrected chi connectivity index (χ4v) is 3.98. The minimum absolute atomic E-state index is 0.0138. The molecule has 2 heterocycles. The number of pyridine rings is 1. The molecule has 0 saturated heterocycles. The first-order chi connectivity index (χ1) is 10.6. The summed E-state index contributed by atoms with van der Waals surface area (Å²) in [5, 5.41) is 9.46. The lowest BCUT2D eigenvalue weighted by atomic mass is 9.61. The zero-order valence-corrected chi connectivity index (χ0v) is 12.7. The van der Waals surface area contributed by atoms with E-state index in [-0.39, 0.29) is 17.0 Å². The highest BCUT2D eigenvalue weighted by atomic mass is 35.5. The Morgan fingerprint density at radius 1 is 1.36 bits per heavy atom. The Bertz CT molecular complexity index is 730. The molecule has 0 radical (unpaired) electrons. The van der Waals surface area contributed by atoms with Gasteiger partial charge in [-0.1, -0.05) is 11.6 Å². The smallest absolute Gasteiger partial charge is 0.143 e. The van der Waals surface area contributed by atoms with Gasteiger partial charge in [-0.05, 0) is 49.1 Å². The molecule has 0 unspecified atom stereocenters. The predicted octanol–water partition coefficient (Wildman–Crippen LogP) is 3.67. The minimum atomic E-state index is -0.410. The zero-order valence-electron chi connectivity index (χ0n) is 12.0. The van der Waals surface area contributed by atoms with Crippen molar-refractivity contribution in [3.8, 4) is 0 Å². The van der Waals surface area contributed by atoms with Crippen molar-refractivity contribution in [3.05, 3.63) is 53.1 Å². The van der Waals surface area contributed by atoms with Gasteiger partial charge in [0.1, 0.15) is 5.82 Å². The number of hydrogen-bond donors (Lipinski definition) is 1. The molecule has 2 aromatic rings. The van der Waals surface area contributed by atoms with Gasteiger partial charge in [0, 0.05) is 30.5 Å². The summed E-state index contributed by atoms with van der Waals surface area (Å²) in [4.78, 5) is 6.68. The van der Waals surface area contributed by atoms with Gasteiger partial charge in [0.05, 0.1) is 16.4 Å². The molecule has 1 aromatic carbocycles. The predicted molar refractivity (Wildman–Crippen MR) is 84.1 cm³/mol. The van der Waals surface area contributed by atoms with E-state index in [2.05, 4.69) is 9.88 Å². The Kier molecular flexibility index (Phi) is 3.13. The van der Waals surface area contributed by atoms with Crippen LogP contribution in [0.2, 0.25) is 5.02 Å². The molecule has 0 bridgehead atoms. The molecule has 1 fully saturated rings. The average Bonchev–Trinajstić information content (AvgIpc) is 2.84. The molecule has 1 aromatic heterocycles. The van der Waals surface area contributed by atoms with Crippen molar-refractivity contribution in [2.24, 2.45) is 5.92 Å². The molecule has 22 heavy (non-hydrogen) atoms. The number of benzene rings is 1. The summed E-state index contributed by atoms with van der Waals surface area (Å²) in [6, 6.07) is 8.82. The number of aliphatic hydroxyl groups is 1. The largest absolute Gasteiger partial charge is 0.396 e. The van der Waals surface area contributed by atoms with E-state index in [0.717, 1.165) is 36.5 Å². The summed E-state index contributed by atoms with van der Waals surface area (Å²) in [6.07, 6.45) is 3.67. The molecular formula is C17H16ClFN2O. The van der Waals surface area contributed by atoms with Crippen LogP contribution in [0.15, 0.2) is 36.5 Å². The van der Waals surface area contributed by atoms with Gasteiger partial charge in [-0.15, -0.1) is 0 Å². The lowest BCUT2D eigenvalue weighted by molar-refractivity contribution is 0.0850. The van der Waals surface area contributed by atoms with Crippen LogP contribution in [0.25, 0.3) is 0 Å². The summed E-state index contributed by atoms with van der Waals surface area (Å²) in [5.41, 5.74) is 2.87. The quantitative estimate of drug-likeness (QED) is 0.918. The third-order valence-electron chi connectivity index (χ3n) is 4.87. The molecule has 114 valence electrons. The van der Waals surface area contributed by atoms with E-state index >= 15 is 0 Å². The van der Waals surface area contributed by atoms with Gasteiger partial charge in [-0.25, -0.2) is 4.39 Å². The van der Waals surface area contributed by atoms with E-state index in [9.17, 15) is 9.50 Å². The van der Waals surface area contributed by atoms with Gasteiger partial charge in [0.2, 0.25) is 0 Å². The van der Waals surface area contributed by atoms with Crippen molar-refractivity contribution in [2.45, 2.75) is 18.3 Å². The molecule has 4 rings (SSSR count). The third kappa shape index (κ3) is 1.94. The summed E-state index contributed by atoms with van der Waals surface area (Å²) < 4.78 is 13.8. The Labute approximate surface area is 133 Å². The topological polar surface area (TPSA) is 36.4 Å². The Morgan fingerprint density at radius 3 is 2.91 bits per heavy atom. The number of aliphatic hydroxyl groups excluding tert-OH is 1. The normalized spacial score (nSPS) is 26.1. The number of aromatic nitrogens is 1. The first-order valence-corrected chi connectivity index (χ1v) is 7.80. The van der Waals surface area contributed by atoms with Crippen molar-refractivity contribution in [1.29, 1.82) is 0 Å². The Balaban J connectivity index is 1.75. The van der Waals surface area contributed by atoms with Crippen LogP contribution in [0.1, 0.15) is 18.5 Å². The summed E-state index contributed by atoms with van der Waals surface area (Å²) in [5.74, 6) is -0.0656. The molecule has 1 saturated carbocycles. The van der Waals surface area contributed by atoms with Crippen LogP contribution in [0.4, 0.5) is 15.8 Å². The Morgan fingerprint density at radius 2 is 2.18 bits per heavy atom. The number of fused-ring (bicyclic) bond motifs is 2. The van der Waals surface area contributed by atoms with Crippen molar-refractivity contribution < 1.29 is 9.50 Å². The van der Waals surface area contributed by atoms with Crippen molar-refractivity contribution >= 4 is 23.0 Å². The number of hydrogen-bond acceptors (Lipinski definition) is 3. The summed E-state index contributed by atoms with van der Waals surface area (Å²) in [7, 11) is 0. The molecule has 0 amide bonds. The average molecular weight is 319 g/mol. The molecule has 1 aliphatic carbocycles. The maximum atomic E-state index is 13.8. The van der Waals surface area contributed by atoms with Crippen LogP contribution in [-0.4, -0.2) is 23.2 Å². The highest BCUT2D eigenvalue weighted by molar-refractivity contribution is 6.30. The van der Waals surface area contributed by atoms with E-state index < -0.39 is 5.82 Å². The van der Waals surface area contributed by atoms with E-state index in [4.69, 9.17) is 11.6 Å². The van der Waals surface area contributed by atoms with Gasteiger partial charge in [-0.2, -0.15) is 0 Å². The van der Waals surface area contributed by atoms with Crippen LogP contribution >= 0.6 is 11.6 Å². The van der Waals surface area contributed by atoms with Gasteiger partial charge in [-0.3, -0.25) is 4.98 Å². The van der Waals surface area contributed by atoms with Crippen LogP contribution in [0.3, 0.4) is 0 Å². The van der Waals surface area contributed by atoms with Crippen LogP contribution in [-0.2, 0) is 5.41 Å². The number of nitrogens with zero attached hydrogens (tertiary/aromatic N) is 2. The van der Waals surface area contributed by atoms with E-state index in [1.165, 1.54) is 6.07 Å². The van der Waals surface area contributed by atoms with Crippen molar-refractivity contribution in [3.63, 3.8) is 0 Å². The summed E-state index contributed by atoms with van der Waals surface area (Å²) in [6.45, 7) is 0.996. The van der Waals surface area contributed by atoms with E-state index in [1.54, 1.807) is 12.3 Å². The highest BCUT2D eigenvalue weighted by Crippen LogP contribution is 2.55. The van der Waals surface area contributed by atoms with Crippen LogP contribution < -0.4 is 4.90 Å². The second kappa shape index (κ2) is 4.93. The van der Waals surface area contributed by atoms with Crippen LogP contribution in [0, 0.1) is 11.7 Å². The van der Waals surface area contributed by atoms with E-state index in [1.807, 2.05) is 18.2 Å². The lowest BCUT2D eigenvalue weighted by Gasteiger charge is -2.44. The highest BCUT2D eigenvalue weighted by Gasteiger charge is 2.52. The molecule has 0 atom stereocenters. The maximum Gasteiger partial charge on any atom is 0.143 e. The monoisotopic (exact) mass is 318 g/mol. The molecule has 5 heteroatoms. The van der Waals surface area contributed by atoms with Gasteiger partial charge < -0.3 is 10.0 Å². The molecule has 1 aliphatic heterocycles. The number of rotatable bonds is 2. The number of halogens is 2. The van der Waals surface area contributed by atoms with Gasteiger partial charge >= 0.3 is 0 Å². The molecule has 1 spiro atoms. The van der Waals surface area contributed by atoms with Gasteiger partial charge in [0.15, 0.2) is 0 Å². The minimum Gasteiger partial charge on any atom is -0.396 e. The van der Waals surface area contributed by atoms with Gasteiger partial charge in [0.25, 0.3) is 0 Å². The van der Waals surface area contributed by atoms with E-state index in [0.29, 0.717) is 5.92 Å². The third-order valence-corrected chi connectivity index (χ3v) is 5.18. The fraction of sp³-hybridized carbons (Fsp3) is 0.353. The Hall–Kier alpha value is -1.65. The summed E-state index contributed by atoms with van der Waals surface area (Å²) >= 11 is 5.79. The van der Waals surface area contributed by atoms with Crippen molar-refractivity contribution in [1.82, 2.24) is 4.98 Å². The lowest BCUT2D eigenvalue weighted by Crippen LogP contribution is -2.45. The molecule has 2 aliphatic rings. The number of anilines is 2. The SMILES string of the molecule is OCC1CC2(C1)CN(c1ccc(Cl)c(F)c1)c1cccnc12.